The van der Waals surface area contributed by atoms with Crippen LogP contribution in [0, 0.1) is 0 Å². The second-order valence-corrected chi connectivity index (χ2v) is 8.62. The van der Waals surface area contributed by atoms with Gasteiger partial charge < -0.3 is 0 Å². The first-order valence-corrected chi connectivity index (χ1v) is 10.7. The van der Waals surface area contributed by atoms with Crippen molar-refractivity contribution in [2.24, 2.45) is 0 Å². The number of hydrogen-bond acceptors (Lipinski definition) is 4. The van der Waals surface area contributed by atoms with E-state index in [1.165, 1.54) is 70.6 Å². The van der Waals surface area contributed by atoms with Crippen LogP contribution in [0.2, 0.25) is 0 Å². The highest BCUT2D eigenvalue weighted by Gasteiger charge is 2.35. The van der Waals surface area contributed by atoms with Gasteiger partial charge in [-0.05, 0) is 64.7 Å². The third-order valence-corrected chi connectivity index (χ3v) is 6.97. The average molecular weight is 357 g/mol. The van der Waals surface area contributed by atoms with Crippen LogP contribution < -0.4 is 0 Å². The van der Waals surface area contributed by atoms with Gasteiger partial charge in [0, 0.05) is 31.7 Å². The normalized spacial score (nSPS) is 28.8. The van der Waals surface area contributed by atoms with Crippen molar-refractivity contribution in [3.8, 4) is 0 Å². The Balaban J connectivity index is 1.24. The molecule has 0 radical (unpaired) electrons. The van der Waals surface area contributed by atoms with Crippen LogP contribution in [0.25, 0.3) is 0 Å². The number of hydrogen-bond donors (Lipinski definition) is 0. The van der Waals surface area contributed by atoms with Gasteiger partial charge in [0.05, 0.1) is 12.8 Å². The maximum absolute atomic E-state index is 2.76. The average Bonchev–Trinajstić information content (AvgIpc) is 3.32. The van der Waals surface area contributed by atoms with Crippen LogP contribution in [0.4, 0.5) is 0 Å². The summed E-state index contributed by atoms with van der Waals surface area (Å²) in [6.45, 7) is 13.4. The first-order chi connectivity index (χ1) is 12.7. The minimum absolute atomic E-state index is 0.607. The predicted octanol–water partition coefficient (Wildman–Crippen LogP) is 3.06. The Labute approximate surface area is 159 Å². The Morgan fingerprint density at radius 3 is 2.42 bits per heavy atom. The van der Waals surface area contributed by atoms with Crippen molar-refractivity contribution in [3.05, 3.63) is 35.9 Å². The standard InChI is InChI=1S/C22H36N4/c1-19-7-6-12-26(19)20(2)24-15-16-25(18-24)22-10-13-23(14-11-22)17-21-8-4-3-5-9-21/h3-5,8-9,19-20,22H,6-7,10-18H2,1-2H3/t19-,20?/m1/s1. The second kappa shape index (κ2) is 8.39. The Hall–Kier alpha value is -0.940. The van der Waals surface area contributed by atoms with E-state index < -0.39 is 0 Å². The van der Waals surface area contributed by atoms with Gasteiger partial charge in [-0.1, -0.05) is 30.3 Å². The SMILES string of the molecule is CC(N1CCN(C2CCN(Cc3ccccc3)CC2)C1)N1CCC[C@H]1C. The smallest absolute Gasteiger partial charge is 0.0607 e. The van der Waals surface area contributed by atoms with Crippen LogP contribution in [-0.4, -0.2) is 77.2 Å². The molecule has 1 unspecified atom stereocenters. The molecule has 0 spiro atoms. The lowest BCUT2D eigenvalue weighted by Crippen LogP contribution is -2.49. The number of nitrogens with zero attached hydrogens (tertiary/aromatic N) is 4. The van der Waals surface area contributed by atoms with E-state index >= 15 is 0 Å². The molecule has 0 aromatic heterocycles. The molecule has 0 aliphatic carbocycles. The van der Waals surface area contributed by atoms with E-state index in [1.807, 2.05) is 0 Å². The molecule has 0 N–H and O–H groups in total. The number of likely N-dealkylation sites (tertiary alicyclic amines) is 2. The molecule has 0 saturated carbocycles. The van der Waals surface area contributed by atoms with E-state index in [9.17, 15) is 0 Å². The lowest BCUT2D eigenvalue weighted by molar-refractivity contribution is 0.0409. The van der Waals surface area contributed by atoms with Crippen LogP contribution >= 0.6 is 0 Å². The summed E-state index contributed by atoms with van der Waals surface area (Å²) in [5.41, 5.74) is 1.45. The monoisotopic (exact) mass is 356 g/mol. The molecule has 1 aromatic carbocycles. The summed E-state index contributed by atoms with van der Waals surface area (Å²) in [6, 6.07) is 12.5. The Morgan fingerprint density at radius 1 is 0.962 bits per heavy atom. The fourth-order valence-electron chi connectivity index (χ4n) is 5.24. The van der Waals surface area contributed by atoms with Gasteiger partial charge in [-0.25, -0.2) is 0 Å². The second-order valence-electron chi connectivity index (χ2n) is 8.62. The maximum Gasteiger partial charge on any atom is 0.0607 e. The molecular formula is C22H36N4. The first kappa shape index (κ1) is 18.4. The molecule has 2 atom stereocenters. The van der Waals surface area contributed by atoms with Gasteiger partial charge in [0.1, 0.15) is 0 Å². The van der Waals surface area contributed by atoms with E-state index in [-0.39, 0.29) is 0 Å². The highest BCUT2D eigenvalue weighted by molar-refractivity contribution is 5.14. The molecule has 4 heteroatoms. The van der Waals surface area contributed by atoms with Gasteiger partial charge in [-0.15, -0.1) is 0 Å². The topological polar surface area (TPSA) is 13.0 Å². The molecule has 3 fully saturated rings. The summed E-state index contributed by atoms with van der Waals surface area (Å²) in [4.78, 5) is 10.8. The third-order valence-electron chi connectivity index (χ3n) is 6.97. The fraction of sp³-hybridized carbons (Fsp3) is 0.727. The summed E-state index contributed by atoms with van der Waals surface area (Å²) in [5, 5.41) is 0. The van der Waals surface area contributed by atoms with Crippen LogP contribution in [0.1, 0.15) is 45.1 Å². The molecule has 0 amide bonds. The summed E-state index contributed by atoms with van der Waals surface area (Å²) in [7, 11) is 0. The predicted molar refractivity (Wildman–Crippen MR) is 108 cm³/mol. The lowest BCUT2D eigenvalue weighted by atomic mass is 10.0. The lowest BCUT2D eigenvalue weighted by Gasteiger charge is -2.38. The summed E-state index contributed by atoms with van der Waals surface area (Å²) >= 11 is 0. The van der Waals surface area contributed by atoms with Gasteiger partial charge in [0.15, 0.2) is 0 Å². The Kier molecular flexibility index (Phi) is 5.94. The van der Waals surface area contributed by atoms with E-state index in [4.69, 9.17) is 0 Å². The first-order valence-electron chi connectivity index (χ1n) is 10.7. The number of benzene rings is 1. The minimum Gasteiger partial charge on any atom is -0.299 e. The molecule has 3 aliphatic heterocycles. The number of rotatable bonds is 5. The third kappa shape index (κ3) is 4.14. The zero-order valence-corrected chi connectivity index (χ0v) is 16.7. The van der Waals surface area contributed by atoms with Crippen LogP contribution in [0.15, 0.2) is 30.3 Å². The van der Waals surface area contributed by atoms with Crippen LogP contribution in [-0.2, 0) is 6.54 Å². The maximum atomic E-state index is 2.76. The molecule has 0 bridgehead atoms. The highest BCUT2D eigenvalue weighted by Crippen LogP contribution is 2.26. The van der Waals surface area contributed by atoms with Gasteiger partial charge >= 0.3 is 0 Å². The number of piperidine rings is 1. The van der Waals surface area contributed by atoms with E-state index in [1.54, 1.807) is 0 Å². The molecule has 144 valence electrons. The molecule has 3 saturated heterocycles. The zero-order chi connectivity index (χ0) is 17.9. The highest BCUT2D eigenvalue weighted by atomic mass is 15.5. The Bertz CT molecular complexity index is 555. The molecule has 4 rings (SSSR count). The molecular weight excluding hydrogens is 320 g/mol. The Morgan fingerprint density at radius 2 is 1.73 bits per heavy atom. The van der Waals surface area contributed by atoms with Gasteiger partial charge in [-0.3, -0.25) is 19.6 Å². The van der Waals surface area contributed by atoms with Crippen molar-refractivity contribution in [2.75, 3.05) is 39.4 Å². The van der Waals surface area contributed by atoms with E-state index in [0.717, 1.165) is 18.6 Å². The van der Waals surface area contributed by atoms with Crippen LogP contribution in [0.5, 0.6) is 0 Å². The van der Waals surface area contributed by atoms with Crippen molar-refractivity contribution in [2.45, 2.75) is 64.3 Å². The van der Waals surface area contributed by atoms with E-state index in [2.05, 4.69) is 63.8 Å². The molecule has 3 aliphatic rings. The summed E-state index contributed by atoms with van der Waals surface area (Å²) in [6.07, 6.45) is 6.02. The summed E-state index contributed by atoms with van der Waals surface area (Å²) in [5.74, 6) is 0. The van der Waals surface area contributed by atoms with Crippen LogP contribution in [0.3, 0.4) is 0 Å². The van der Waals surface area contributed by atoms with Gasteiger partial charge in [0.25, 0.3) is 0 Å². The van der Waals surface area contributed by atoms with E-state index in [0.29, 0.717) is 6.17 Å². The van der Waals surface area contributed by atoms with Gasteiger partial charge in [0.2, 0.25) is 0 Å². The molecule has 3 heterocycles. The van der Waals surface area contributed by atoms with Crippen molar-refractivity contribution in [1.29, 1.82) is 0 Å². The van der Waals surface area contributed by atoms with Crippen molar-refractivity contribution in [1.82, 2.24) is 19.6 Å². The zero-order valence-electron chi connectivity index (χ0n) is 16.7. The minimum atomic E-state index is 0.607. The molecule has 4 nitrogen and oxygen atoms in total. The van der Waals surface area contributed by atoms with Crippen molar-refractivity contribution in [3.63, 3.8) is 0 Å². The van der Waals surface area contributed by atoms with Crippen molar-refractivity contribution < 1.29 is 0 Å². The van der Waals surface area contributed by atoms with Crippen molar-refractivity contribution >= 4 is 0 Å². The largest absolute Gasteiger partial charge is 0.299 e. The quantitative estimate of drug-likeness (QED) is 0.804. The van der Waals surface area contributed by atoms with Gasteiger partial charge in [-0.2, -0.15) is 0 Å². The summed E-state index contributed by atoms with van der Waals surface area (Å²) < 4.78 is 0. The fourth-order valence-corrected chi connectivity index (χ4v) is 5.24. The molecule has 26 heavy (non-hydrogen) atoms. The molecule has 1 aromatic rings.